The standard InChI is InChI=1S/C22H28N4O5S/c1-22(11-31-12-22)21(28)26-20-17(25-19(32-20)15-5-4-8-23-15)18(27)24-10-13-6-7-14(29-2)9-16(13)30-3/h6-7,9,15,23H,4-5,8,10-12H2,1-3H3,(H,24,27)(H,26,28)/t15-/m1/s1. The maximum atomic E-state index is 13.1. The monoisotopic (exact) mass is 460 g/mol. The summed E-state index contributed by atoms with van der Waals surface area (Å²) in [7, 11) is 3.15. The van der Waals surface area contributed by atoms with Crippen LogP contribution in [0.2, 0.25) is 0 Å². The zero-order valence-corrected chi connectivity index (χ0v) is 19.3. The summed E-state index contributed by atoms with van der Waals surface area (Å²) < 4.78 is 15.8. The summed E-state index contributed by atoms with van der Waals surface area (Å²) in [5, 5.41) is 10.5. The molecular weight excluding hydrogens is 432 g/mol. The molecule has 3 N–H and O–H groups in total. The van der Waals surface area contributed by atoms with Gasteiger partial charge in [-0.25, -0.2) is 4.98 Å². The number of amides is 2. The summed E-state index contributed by atoms with van der Waals surface area (Å²) in [5.41, 5.74) is 0.447. The van der Waals surface area contributed by atoms with Crippen molar-refractivity contribution < 1.29 is 23.8 Å². The molecule has 0 spiro atoms. The molecule has 9 nitrogen and oxygen atoms in total. The number of rotatable bonds is 8. The fraction of sp³-hybridized carbons (Fsp3) is 0.500. The summed E-state index contributed by atoms with van der Waals surface area (Å²) in [6.45, 7) is 3.75. The first-order valence-electron chi connectivity index (χ1n) is 10.6. The van der Waals surface area contributed by atoms with E-state index in [1.165, 1.54) is 11.3 Å². The van der Waals surface area contributed by atoms with Gasteiger partial charge >= 0.3 is 0 Å². The minimum Gasteiger partial charge on any atom is -0.497 e. The molecule has 1 aromatic carbocycles. The Kier molecular flexibility index (Phi) is 6.63. The second kappa shape index (κ2) is 9.43. The lowest BCUT2D eigenvalue weighted by Gasteiger charge is -2.36. The Morgan fingerprint density at radius 2 is 2.12 bits per heavy atom. The van der Waals surface area contributed by atoms with Crippen LogP contribution in [0.4, 0.5) is 5.00 Å². The quantitative estimate of drug-likeness (QED) is 0.555. The second-order valence-corrected chi connectivity index (χ2v) is 9.28. The second-order valence-electron chi connectivity index (χ2n) is 8.25. The van der Waals surface area contributed by atoms with Crippen LogP contribution in [0.15, 0.2) is 18.2 Å². The van der Waals surface area contributed by atoms with E-state index in [0.29, 0.717) is 29.7 Å². The average Bonchev–Trinajstić information content (AvgIpc) is 3.45. The van der Waals surface area contributed by atoms with Crippen molar-refractivity contribution >= 4 is 28.2 Å². The van der Waals surface area contributed by atoms with E-state index in [2.05, 4.69) is 20.9 Å². The predicted octanol–water partition coefficient (Wildman–Crippen LogP) is 2.49. The molecular formula is C22H28N4O5S. The van der Waals surface area contributed by atoms with Gasteiger partial charge in [-0.2, -0.15) is 0 Å². The van der Waals surface area contributed by atoms with Crippen molar-refractivity contribution in [2.75, 3.05) is 39.3 Å². The Balaban J connectivity index is 1.52. The number of carbonyl (C=O) groups is 2. The van der Waals surface area contributed by atoms with Crippen LogP contribution < -0.4 is 25.4 Å². The summed E-state index contributed by atoms with van der Waals surface area (Å²) in [6.07, 6.45) is 2.01. The van der Waals surface area contributed by atoms with Crippen molar-refractivity contribution in [3.63, 3.8) is 0 Å². The van der Waals surface area contributed by atoms with Gasteiger partial charge in [0.2, 0.25) is 5.91 Å². The summed E-state index contributed by atoms with van der Waals surface area (Å²) in [5.74, 6) is 0.770. The number of anilines is 1. The predicted molar refractivity (Wildman–Crippen MR) is 120 cm³/mol. The first-order chi connectivity index (χ1) is 15.4. The van der Waals surface area contributed by atoms with Crippen LogP contribution in [0, 0.1) is 5.41 Å². The number of aromatic nitrogens is 1. The van der Waals surface area contributed by atoms with E-state index in [1.807, 2.05) is 19.1 Å². The molecule has 2 aromatic rings. The van der Waals surface area contributed by atoms with Gasteiger partial charge in [0.25, 0.3) is 5.91 Å². The average molecular weight is 461 g/mol. The number of benzene rings is 1. The molecule has 1 atom stereocenters. The minimum absolute atomic E-state index is 0.0986. The Hall–Kier alpha value is -2.69. The molecule has 0 radical (unpaired) electrons. The van der Waals surface area contributed by atoms with E-state index < -0.39 is 5.41 Å². The Bertz CT molecular complexity index is 998. The van der Waals surface area contributed by atoms with E-state index in [0.717, 1.165) is 30.0 Å². The zero-order valence-electron chi connectivity index (χ0n) is 18.4. The van der Waals surface area contributed by atoms with Gasteiger partial charge in [-0.15, -0.1) is 0 Å². The van der Waals surface area contributed by atoms with Gasteiger partial charge in [-0.1, -0.05) is 11.3 Å². The van der Waals surface area contributed by atoms with Crippen LogP contribution in [-0.2, 0) is 16.1 Å². The summed E-state index contributed by atoms with van der Waals surface area (Å²) in [6, 6.07) is 5.51. The van der Waals surface area contributed by atoms with Crippen molar-refractivity contribution in [2.24, 2.45) is 5.41 Å². The van der Waals surface area contributed by atoms with Crippen molar-refractivity contribution in [3.05, 3.63) is 34.5 Å². The van der Waals surface area contributed by atoms with Crippen molar-refractivity contribution in [1.82, 2.24) is 15.6 Å². The highest BCUT2D eigenvalue weighted by Gasteiger charge is 2.42. The van der Waals surface area contributed by atoms with Crippen molar-refractivity contribution in [2.45, 2.75) is 32.4 Å². The van der Waals surface area contributed by atoms with Crippen molar-refractivity contribution in [1.29, 1.82) is 0 Å². The smallest absolute Gasteiger partial charge is 0.273 e. The van der Waals surface area contributed by atoms with Gasteiger partial charge in [-0.05, 0) is 38.4 Å². The van der Waals surface area contributed by atoms with Crippen LogP contribution >= 0.6 is 11.3 Å². The molecule has 0 saturated carbocycles. The number of ether oxygens (including phenoxy) is 3. The van der Waals surface area contributed by atoms with Gasteiger partial charge in [-0.3, -0.25) is 9.59 Å². The topological polar surface area (TPSA) is 111 Å². The van der Waals surface area contributed by atoms with Crippen LogP contribution in [-0.4, -0.2) is 50.8 Å². The number of methoxy groups -OCH3 is 2. The highest BCUT2D eigenvalue weighted by Crippen LogP contribution is 2.35. The van der Waals surface area contributed by atoms with Gasteiger partial charge in [0.05, 0.1) is 38.9 Å². The van der Waals surface area contributed by atoms with Crippen LogP contribution in [0.1, 0.15) is 46.9 Å². The highest BCUT2D eigenvalue weighted by atomic mass is 32.1. The molecule has 2 amide bonds. The largest absolute Gasteiger partial charge is 0.497 e. The third-order valence-electron chi connectivity index (χ3n) is 5.77. The van der Waals surface area contributed by atoms with E-state index in [9.17, 15) is 9.59 Å². The van der Waals surface area contributed by atoms with Crippen LogP contribution in [0.3, 0.4) is 0 Å². The molecule has 3 heterocycles. The third-order valence-corrected chi connectivity index (χ3v) is 6.85. The zero-order chi connectivity index (χ0) is 22.7. The Morgan fingerprint density at radius 1 is 1.31 bits per heavy atom. The molecule has 0 bridgehead atoms. The molecule has 0 unspecified atom stereocenters. The maximum Gasteiger partial charge on any atom is 0.273 e. The molecule has 4 rings (SSSR count). The van der Waals surface area contributed by atoms with Crippen molar-refractivity contribution in [3.8, 4) is 11.5 Å². The number of carbonyl (C=O) groups excluding carboxylic acids is 2. The van der Waals surface area contributed by atoms with Gasteiger partial charge < -0.3 is 30.2 Å². The number of nitrogens with one attached hydrogen (secondary N) is 3. The lowest BCUT2D eigenvalue weighted by atomic mass is 9.88. The van der Waals surface area contributed by atoms with Gasteiger partial charge in [0.15, 0.2) is 5.69 Å². The van der Waals surface area contributed by atoms with Crippen LogP contribution in [0.25, 0.3) is 0 Å². The summed E-state index contributed by atoms with van der Waals surface area (Å²) in [4.78, 5) is 30.4. The third kappa shape index (κ3) is 4.57. The molecule has 1 aromatic heterocycles. The lowest BCUT2D eigenvalue weighted by Crippen LogP contribution is -2.49. The van der Waals surface area contributed by atoms with E-state index in [-0.39, 0.29) is 30.1 Å². The fourth-order valence-corrected chi connectivity index (χ4v) is 4.74. The van der Waals surface area contributed by atoms with Crippen LogP contribution in [0.5, 0.6) is 11.5 Å². The first kappa shape index (κ1) is 22.5. The summed E-state index contributed by atoms with van der Waals surface area (Å²) >= 11 is 1.35. The molecule has 2 aliphatic rings. The van der Waals surface area contributed by atoms with Gasteiger partial charge in [0, 0.05) is 18.2 Å². The molecule has 0 aliphatic carbocycles. The Morgan fingerprint density at radius 3 is 2.75 bits per heavy atom. The number of hydrogen-bond acceptors (Lipinski definition) is 8. The fourth-order valence-electron chi connectivity index (χ4n) is 3.67. The molecule has 2 fully saturated rings. The molecule has 2 saturated heterocycles. The highest BCUT2D eigenvalue weighted by molar-refractivity contribution is 7.16. The number of nitrogens with zero attached hydrogens (tertiary/aromatic N) is 1. The molecule has 10 heteroatoms. The lowest BCUT2D eigenvalue weighted by molar-refractivity contribution is -0.151. The minimum atomic E-state index is -0.583. The normalized spacial score (nSPS) is 19.2. The molecule has 172 valence electrons. The molecule has 32 heavy (non-hydrogen) atoms. The van der Waals surface area contributed by atoms with Gasteiger partial charge in [0.1, 0.15) is 21.5 Å². The first-order valence-corrected chi connectivity index (χ1v) is 11.4. The van der Waals surface area contributed by atoms with E-state index >= 15 is 0 Å². The number of thiazole rings is 1. The molecule has 2 aliphatic heterocycles. The van der Waals surface area contributed by atoms with E-state index in [4.69, 9.17) is 14.2 Å². The SMILES string of the molecule is COc1ccc(CNC(=O)c2nc([C@H]3CCCN3)sc2NC(=O)C2(C)COC2)c(OC)c1. The van der Waals surface area contributed by atoms with E-state index in [1.54, 1.807) is 20.3 Å². The Labute approximate surface area is 190 Å². The number of hydrogen-bond donors (Lipinski definition) is 3. The maximum absolute atomic E-state index is 13.1.